The van der Waals surface area contributed by atoms with E-state index in [1.165, 1.54) is 6.20 Å². The number of fused-ring (bicyclic) bond motifs is 1. The zero-order chi connectivity index (χ0) is 33.1. The number of hydrogen-bond acceptors (Lipinski definition) is 9. The molecule has 0 bridgehead atoms. The zero-order valence-corrected chi connectivity index (χ0v) is 27.3. The molecule has 3 aromatic rings. The highest BCUT2D eigenvalue weighted by molar-refractivity contribution is 5.85. The van der Waals surface area contributed by atoms with Crippen molar-refractivity contribution in [3.8, 4) is 22.9 Å². The van der Waals surface area contributed by atoms with E-state index in [1.54, 1.807) is 30.8 Å². The average molecular weight is 620 g/mol. The minimum Gasteiger partial charge on any atom is -0.489 e. The molecule has 1 aliphatic rings. The summed E-state index contributed by atoms with van der Waals surface area (Å²) in [5, 5.41) is 24.1. The Balaban J connectivity index is 1.51. The standard InChI is InChI=1S/C33H45N7O5/c1-21(2)14-26(29(32(3,4)5)45-31(35)42)30(41)39-12-10-38(11-13-39)27-9-8-22(17-36-27)25-15-24(44-20-33(6,7)43)19-40-28(25)23(16-34)18-37-40/h8-9,15,17-19,21,26,29,43H,10-14,20H2,1-7H3,(H2,35,42)/t26?,29-/m0/s1. The monoisotopic (exact) mass is 619 g/mol. The molecule has 0 saturated carbocycles. The number of carbonyl (C=O) groups excluding carboxylic acids is 2. The Morgan fingerprint density at radius 1 is 1.11 bits per heavy atom. The van der Waals surface area contributed by atoms with E-state index >= 15 is 0 Å². The van der Waals surface area contributed by atoms with Gasteiger partial charge in [-0.05, 0) is 49.8 Å². The molecular formula is C33H45N7O5. The van der Waals surface area contributed by atoms with Crippen LogP contribution in [0.3, 0.4) is 0 Å². The fourth-order valence-electron chi connectivity index (χ4n) is 5.71. The van der Waals surface area contributed by atoms with Crippen LogP contribution in [0.1, 0.15) is 60.5 Å². The van der Waals surface area contributed by atoms with Gasteiger partial charge in [-0.2, -0.15) is 10.4 Å². The number of ether oxygens (including phenoxy) is 2. The second kappa shape index (κ2) is 13.3. The number of primary amides is 1. The van der Waals surface area contributed by atoms with E-state index in [-0.39, 0.29) is 18.4 Å². The molecule has 2 atom stereocenters. The van der Waals surface area contributed by atoms with Gasteiger partial charge in [0.1, 0.15) is 30.3 Å². The summed E-state index contributed by atoms with van der Waals surface area (Å²) < 4.78 is 13.0. The van der Waals surface area contributed by atoms with E-state index in [4.69, 9.17) is 20.2 Å². The first-order chi connectivity index (χ1) is 21.1. The van der Waals surface area contributed by atoms with E-state index in [9.17, 15) is 20.0 Å². The van der Waals surface area contributed by atoms with Crippen molar-refractivity contribution in [3.63, 3.8) is 0 Å². The van der Waals surface area contributed by atoms with Crippen LogP contribution in [-0.4, -0.2) is 81.1 Å². The van der Waals surface area contributed by atoms with Gasteiger partial charge in [0.05, 0.1) is 35.0 Å². The largest absolute Gasteiger partial charge is 0.489 e. The summed E-state index contributed by atoms with van der Waals surface area (Å²) in [5.74, 6) is 0.975. The SMILES string of the molecule is CC(C)CC(C(=O)N1CCN(c2ccc(-c3cc(OCC(C)(C)O)cn4ncc(C#N)c34)cn2)CC1)[C@H](OC(N)=O)C(C)(C)C. The molecule has 4 rings (SSSR count). The lowest BCUT2D eigenvalue weighted by Gasteiger charge is -2.41. The van der Waals surface area contributed by atoms with Crippen LogP contribution in [0.5, 0.6) is 5.75 Å². The fraction of sp³-hybridized carbons (Fsp3) is 0.545. The molecule has 3 aromatic heterocycles. The second-order valence-electron chi connectivity index (χ2n) is 13.8. The predicted molar refractivity (Wildman–Crippen MR) is 171 cm³/mol. The van der Waals surface area contributed by atoms with Crippen molar-refractivity contribution in [1.29, 1.82) is 5.26 Å². The quantitative estimate of drug-likeness (QED) is 0.338. The van der Waals surface area contributed by atoms with Gasteiger partial charge in [0.25, 0.3) is 0 Å². The fourth-order valence-corrected chi connectivity index (χ4v) is 5.71. The molecule has 0 radical (unpaired) electrons. The molecule has 4 heterocycles. The average Bonchev–Trinajstić information content (AvgIpc) is 3.39. The number of nitrogens with two attached hydrogens (primary N) is 1. The van der Waals surface area contributed by atoms with Gasteiger partial charge in [0.2, 0.25) is 5.91 Å². The summed E-state index contributed by atoms with van der Waals surface area (Å²) in [7, 11) is 0. The van der Waals surface area contributed by atoms with Crippen LogP contribution in [0.25, 0.3) is 16.6 Å². The van der Waals surface area contributed by atoms with Gasteiger partial charge in [-0.15, -0.1) is 0 Å². The third kappa shape index (κ3) is 8.22. The molecule has 242 valence electrons. The molecule has 1 aliphatic heterocycles. The van der Waals surface area contributed by atoms with Gasteiger partial charge < -0.3 is 30.1 Å². The Kier molecular flexibility index (Phi) is 9.92. The number of carbonyl (C=O) groups is 2. The van der Waals surface area contributed by atoms with Crippen LogP contribution < -0.4 is 15.4 Å². The third-order valence-electron chi connectivity index (χ3n) is 7.78. The van der Waals surface area contributed by atoms with Gasteiger partial charge >= 0.3 is 6.09 Å². The van der Waals surface area contributed by atoms with E-state index in [0.29, 0.717) is 49.4 Å². The normalized spacial score (nSPS) is 15.6. The van der Waals surface area contributed by atoms with Crippen LogP contribution in [-0.2, 0) is 9.53 Å². The van der Waals surface area contributed by atoms with Crippen LogP contribution >= 0.6 is 0 Å². The Hall–Kier alpha value is -4.37. The summed E-state index contributed by atoms with van der Waals surface area (Å²) in [6.45, 7) is 15.6. The molecule has 1 unspecified atom stereocenters. The summed E-state index contributed by atoms with van der Waals surface area (Å²) in [4.78, 5) is 34.3. The minimum absolute atomic E-state index is 0.0300. The number of hydrogen-bond donors (Lipinski definition) is 2. The first kappa shape index (κ1) is 33.5. The summed E-state index contributed by atoms with van der Waals surface area (Å²) in [6.07, 6.45) is 4.02. The Morgan fingerprint density at radius 3 is 2.33 bits per heavy atom. The maximum atomic E-state index is 13.8. The summed E-state index contributed by atoms with van der Waals surface area (Å²) in [6, 6.07) is 7.89. The van der Waals surface area contributed by atoms with Crippen LogP contribution in [0, 0.1) is 28.6 Å². The predicted octanol–water partition coefficient (Wildman–Crippen LogP) is 4.24. The highest BCUT2D eigenvalue weighted by atomic mass is 16.6. The number of piperazine rings is 1. The molecule has 1 fully saturated rings. The van der Waals surface area contributed by atoms with Gasteiger partial charge in [0.15, 0.2) is 0 Å². The number of aliphatic hydroxyl groups is 1. The molecule has 0 aliphatic carbocycles. The van der Waals surface area contributed by atoms with Crippen molar-refractivity contribution in [1.82, 2.24) is 19.5 Å². The number of nitriles is 1. The van der Waals surface area contributed by atoms with Crippen molar-refractivity contribution >= 4 is 23.3 Å². The van der Waals surface area contributed by atoms with Crippen molar-refractivity contribution in [3.05, 3.63) is 42.4 Å². The molecule has 12 nitrogen and oxygen atoms in total. The highest BCUT2D eigenvalue weighted by Gasteiger charge is 2.42. The van der Waals surface area contributed by atoms with Crippen LogP contribution in [0.4, 0.5) is 10.6 Å². The van der Waals surface area contributed by atoms with Gasteiger partial charge in [-0.1, -0.05) is 34.6 Å². The van der Waals surface area contributed by atoms with E-state index in [1.807, 2.05) is 43.9 Å². The Bertz CT molecular complexity index is 1540. The topological polar surface area (TPSA) is 159 Å². The van der Waals surface area contributed by atoms with E-state index in [0.717, 1.165) is 16.9 Å². The molecule has 3 N–H and O–H groups in total. The summed E-state index contributed by atoms with van der Waals surface area (Å²) >= 11 is 0. The molecule has 1 saturated heterocycles. The molecule has 0 aromatic carbocycles. The molecule has 45 heavy (non-hydrogen) atoms. The third-order valence-corrected chi connectivity index (χ3v) is 7.78. The number of amides is 2. The molecular weight excluding hydrogens is 574 g/mol. The van der Waals surface area contributed by atoms with E-state index < -0.39 is 29.1 Å². The maximum Gasteiger partial charge on any atom is 0.404 e. The number of rotatable bonds is 10. The first-order valence-corrected chi connectivity index (χ1v) is 15.3. The Labute approximate surface area is 264 Å². The minimum atomic E-state index is -1.02. The molecule has 0 spiro atoms. The first-order valence-electron chi connectivity index (χ1n) is 15.3. The maximum absolute atomic E-state index is 13.8. The van der Waals surface area contributed by atoms with Gasteiger partial charge in [0, 0.05) is 43.5 Å². The zero-order valence-electron chi connectivity index (χ0n) is 27.3. The number of nitrogens with zero attached hydrogens (tertiary/aromatic N) is 6. The number of anilines is 1. The molecule has 12 heteroatoms. The van der Waals surface area contributed by atoms with Crippen molar-refractivity contribution in [2.75, 3.05) is 37.7 Å². The lowest BCUT2D eigenvalue weighted by Crippen LogP contribution is -2.54. The Morgan fingerprint density at radius 2 is 1.80 bits per heavy atom. The van der Waals surface area contributed by atoms with Crippen LogP contribution in [0.15, 0.2) is 36.8 Å². The van der Waals surface area contributed by atoms with Crippen LogP contribution in [0.2, 0.25) is 0 Å². The van der Waals surface area contributed by atoms with E-state index in [2.05, 4.69) is 29.9 Å². The van der Waals surface area contributed by atoms with Crippen molar-refractivity contribution in [2.45, 2.75) is 66.6 Å². The highest BCUT2D eigenvalue weighted by Crippen LogP contribution is 2.34. The smallest absolute Gasteiger partial charge is 0.404 e. The second-order valence-corrected chi connectivity index (χ2v) is 13.8. The van der Waals surface area contributed by atoms with Crippen molar-refractivity contribution in [2.24, 2.45) is 23.0 Å². The number of aromatic nitrogens is 3. The van der Waals surface area contributed by atoms with Gasteiger partial charge in [-0.3, -0.25) is 4.79 Å². The summed E-state index contributed by atoms with van der Waals surface area (Å²) in [5.41, 5.74) is 6.50. The van der Waals surface area contributed by atoms with Crippen molar-refractivity contribution < 1.29 is 24.2 Å². The molecule has 2 amide bonds. The lowest BCUT2D eigenvalue weighted by atomic mass is 9.77. The lowest BCUT2D eigenvalue weighted by molar-refractivity contribution is -0.143. The number of pyridine rings is 2. The van der Waals surface area contributed by atoms with Gasteiger partial charge in [-0.25, -0.2) is 14.3 Å².